The smallest absolute Gasteiger partial charge is 0.255 e. The molecule has 1 N–H and O–H groups in total. The number of rotatable bonds is 2. The van der Waals surface area contributed by atoms with Crippen LogP contribution in [-0.4, -0.2) is 10.9 Å². The van der Waals surface area contributed by atoms with Gasteiger partial charge in [0.2, 0.25) is 0 Å². The van der Waals surface area contributed by atoms with Gasteiger partial charge in [-0.05, 0) is 59.3 Å². The van der Waals surface area contributed by atoms with Gasteiger partial charge in [-0.15, -0.1) is 0 Å². The molecule has 0 fully saturated rings. The summed E-state index contributed by atoms with van der Waals surface area (Å²) in [5, 5.41) is 3.23. The lowest BCUT2D eigenvalue weighted by atomic mass is 10.2. The van der Waals surface area contributed by atoms with Crippen LogP contribution in [-0.2, 0) is 0 Å². The number of carbonyl (C=O) groups is 1. The second-order valence-corrected chi connectivity index (χ2v) is 5.42. The number of hydrogen-bond donors (Lipinski definition) is 1. The first-order chi connectivity index (χ1) is 8.56. The fraction of sp³-hybridized carbons (Fsp3) is 0.0769. The molecule has 5 heteroatoms. The predicted octanol–water partition coefficient (Wildman–Crippen LogP) is 3.90. The van der Waals surface area contributed by atoms with Gasteiger partial charge in [0, 0.05) is 9.13 Å². The molecule has 1 amide bonds. The lowest BCUT2D eigenvalue weighted by molar-refractivity contribution is 0.102. The van der Waals surface area contributed by atoms with Crippen molar-refractivity contribution in [3.05, 3.63) is 56.4 Å². The SMILES string of the molecule is Cc1cc(Cl)ncc1NC(=O)c1cccc(I)c1. The van der Waals surface area contributed by atoms with Crippen molar-refractivity contribution in [3.8, 4) is 0 Å². The maximum atomic E-state index is 12.0. The van der Waals surface area contributed by atoms with Gasteiger partial charge >= 0.3 is 0 Å². The number of nitrogens with one attached hydrogen (secondary N) is 1. The Morgan fingerprint density at radius 1 is 1.39 bits per heavy atom. The number of benzene rings is 1. The van der Waals surface area contributed by atoms with Crippen LogP contribution in [0.2, 0.25) is 5.15 Å². The van der Waals surface area contributed by atoms with Crippen molar-refractivity contribution >= 4 is 45.8 Å². The number of halogens is 2. The van der Waals surface area contributed by atoms with Crippen molar-refractivity contribution in [2.24, 2.45) is 0 Å². The molecule has 0 saturated carbocycles. The van der Waals surface area contributed by atoms with Crippen molar-refractivity contribution in [2.75, 3.05) is 5.32 Å². The number of anilines is 1. The highest BCUT2D eigenvalue weighted by molar-refractivity contribution is 14.1. The molecule has 0 aliphatic carbocycles. The summed E-state index contributed by atoms with van der Waals surface area (Å²) < 4.78 is 1.02. The molecule has 2 rings (SSSR count). The number of nitrogens with zero attached hydrogens (tertiary/aromatic N) is 1. The van der Waals surface area contributed by atoms with E-state index in [1.165, 1.54) is 0 Å². The molecule has 92 valence electrons. The van der Waals surface area contributed by atoms with Crippen LogP contribution in [0.1, 0.15) is 15.9 Å². The fourth-order valence-electron chi connectivity index (χ4n) is 1.48. The van der Waals surface area contributed by atoms with Gasteiger partial charge in [-0.1, -0.05) is 17.7 Å². The Balaban J connectivity index is 2.21. The van der Waals surface area contributed by atoms with E-state index in [0.29, 0.717) is 16.4 Å². The van der Waals surface area contributed by atoms with Crippen molar-refractivity contribution in [2.45, 2.75) is 6.92 Å². The van der Waals surface area contributed by atoms with E-state index in [9.17, 15) is 4.79 Å². The Morgan fingerprint density at radius 3 is 2.83 bits per heavy atom. The summed E-state index contributed by atoms with van der Waals surface area (Å²) in [7, 11) is 0. The van der Waals surface area contributed by atoms with Crippen LogP contribution in [0.3, 0.4) is 0 Å². The van der Waals surface area contributed by atoms with E-state index < -0.39 is 0 Å². The van der Waals surface area contributed by atoms with Gasteiger partial charge in [0.15, 0.2) is 0 Å². The van der Waals surface area contributed by atoms with Gasteiger partial charge < -0.3 is 5.32 Å². The highest BCUT2D eigenvalue weighted by atomic mass is 127. The minimum Gasteiger partial charge on any atom is -0.320 e. The van der Waals surface area contributed by atoms with Crippen molar-refractivity contribution in [1.82, 2.24) is 4.98 Å². The maximum absolute atomic E-state index is 12.0. The molecule has 1 aromatic heterocycles. The van der Waals surface area contributed by atoms with Crippen LogP contribution in [0, 0.1) is 10.5 Å². The predicted molar refractivity (Wildman–Crippen MR) is 81.1 cm³/mol. The van der Waals surface area contributed by atoms with Crippen LogP contribution < -0.4 is 5.32 Å². The number of carbonyl (C=O) groups excluding carboxylic acids is 1. The third kappa shape index (κ3) is 3.20. The minimum atomic E-state index is -0.152. The third-order valence-electron chi connectivity index (χ3n) is 2.41. The average Bonchev–Trinajstić information content (AvgIpc) is 2.32. The molecule has 0 saturated heterocycles. The molecule has 3 nitrogen and oxygen atoms in total. The molecule has 0 unspecified atom stereocenters. The Labute approximate surface area is 124 Å². The summed E-state index contributed by atoms with van der Waals surface area (Å²) in [5.74, 6) is -0.152. The fourth-order valence-corrected chi connectivity index (χ4v) is 2.23. The molecule has 0 aliphatic rings. The highest BCUT2D eigenvalue weighted by Gasteiger charge is 2.08. The number of aryl methyl sites for hydroxylation is 1. The summed E-state index contributed by atoms with van der Waals surface area (Å²) in [6, 6.07) is 9.10. The summed E-state index contributed by atoms with van der Waals surface area (Å²) in [6.07, 6.45) is 1.56. The second kappa shape index (κ2) is 5.67. The van der Waals surface area contributed by atoms with Crippen molar-refractivity contribution < 1.29 is 4.79 Å². The zero-order chi connectivity index (χ0) is 13.1. The first-order valence-electron chi connectivity index (χ1n) is 5.25. The molecule has 0 spiro atoms. The van der Waals surface area contributed by atoms with Crippen LogP contribution in [0.4, 0.5) is 5.69 Å². The van der Waals surface area contributed by atoms with Crippen molar-refractivity contribution in [3.63, 3.8) is 0 Å². The lowest BCUT2D eigenvalue weighted by Crippen LogP contribution is -2.13. The molecule has 1 aromatic carbocycles. The molecule has 0 bridgehead atoms. The summed E-state index contributed by atoms with van der Waals surface area (Å²) in [6.45, 7) is 1.87. The lowest BCUT2D eigenvalue weighted by Gasteiger charge is -2.08. The van der Waals surface area contributed by atoms with Gasteiger partial charge in [0.1, 0.15) is 5.15 Å². The standard InChI is InChI=1S/C13H10ClIN2O/c1-8-5-12(14)16-7-11(8)17-13(18)9-3-2-4-10(15)6-9/h2-7H,1H3,(H,17,18). The van der Waals surface area contributed by atoms with Gasteiger partial charge in [-0.2, -0.15) is 0 Å². The molecule has 18 heavy (non-hydrogen) atoms. The molecule has 2 aromatic rings. The zero-order valence-corrected chi connectivity index (χ0v) is 12.5. The van der Waals surface area contributed by atoms with E-state index in [1.54, 1.807) is 18.3 Å². The Kier molecular flexibility index (Phi) is 4.19. The molecule has 0 radical (unpaired) electrons. The topological polar surface area (TPSA) is 42.0 Å². The van der Waals surface area contributed by atoms with E-state index in [1.807, 2.05) is 25.1 Å². The first kappa shape index (κ1) is 13.3. The number of aromatic nitrogens is 1. The number of pyridine rings is 1. The van der Waals surface area contributed by atoms with Gasteiger partial charge in [0.25, 0.3) is 5.91 Å². The number of amides is 1. The monoisotopic (exact) mass is 372 g/mol. The van der Waals surface area contributed by atoms with Crippen LogP contribution in [0.5, 0.6) is 0 Å². The van der Waals surface area contributed by atoms with Crippen LogP contribution >= 0.6 is 34.2 Å². The maximum Gasteiger partial charge on any atom is 0.255 e. The zero-order valence-electron chi connectivity index (χ0n) is 9.58. The Hall–Kier alpha value is -1.14. The molecule has 1 heterocycles. The van der Waals surface area contributed by atoms with Crippen molar-refractivity contribution in [1.29, 1.82) is 0 Å². The van der Waals surface area contributed by atoms with E-state index in [-0.39, 0.29) is 5.91 Å². The first-order valence-corrected chi connectivity index (χ1v) is 6.71. The summed E-state index contributed by atoms with van der Waals surface area (Å²) >= 11 is 7.94. The normalized spacial score (nSPS) is 10.2. The Morgan fingerprint density at radius 2 is 2.17 bits per heavy atom. The van der Waals surface area contributed by atoms with Crippen LogP contribution in [0.25, 0.3) is 0 Å². The minimum absolute atomic E-state index is 0.152. The Bertz CT molecular complexity index is 601. The molecule has 0 aliphatic heterocycles. The van der Waals surface area contributed by atoms with E-state index in [2.05, 4.69) is 32.9 Å². The quantitative estimate of drug-likeness (QED) is 0.642. The van der Waals surface area contributed by atoms with Gasteiger partial charge in [0.05, 0.1) is 11.9 Å². The van der Waals surface area contributed by atoms with Crippen LogP contribution in [0.15, 0.2) is 36.5 Å². The highest BCUT2D eigenvalue weighted by Crippen LogP contribution is 2.18. The number of hydrogen-bond acceptors (Lipinski definition) is 2. The van der Waals surface area contributed by atoms with E-state index >= 15 is 0 Å². The largest absolute Gasteiger partial charge is 0.320 e. The van der Waals surface area contributed by atoms with Gasteiger partial charge in [-0.25, -0.2) is 4.98 Å². The molecule has 0 atom stereocenters. The second-order valence-electron chi connectivity index (χ2n) is 3.79. The summed E-state index contributed by atoms with van der Waals surface area (Å²) in [4.78, 5) is 16.0. The third-order valence-corrected chi connectivity index (χ3v) is 3.29. The van der Waals surface area contributed by atoms with Gasteiger partial charge in [-0.3, -0.25) is 4.79 Å². The summed E-state index contributed by atoms with van der Waals surface area (Å²) in [5.41, 5.74) is 2.17. The average molecular weight is 373 g/mol. The van der Waals surface area contributed by atoms with E-state index in [4.69, 9.17) is 11.6 Å². The molecular formula is C13H10ClIN2O. The van der Waals surface area contributed by atoms with E-state index in [0.717, 1.165) is 9.13 Å². The molecular weight excluding hydrogens is 363 g/mol.